The summed E-state index contributed by atoms with van der Waals surface area (Å²) in [7, 11) is 0. The summed E-state index contributed by atoms with van der Waals surface area (Å²) in [5.74, 6) is -0.589. The Hall–Kier alpha value is -2.02. The van der Waals surface area contributed by atoms with Crippen molar-refractivity contribution >= 4 is 17.6 Å². The highest BCUT2D eigenvalue weighted by Gasteiger charge is 2.11. The molecule has 0 amide bonds. The lowest BCUT2D eigenvalue weighted by molar-refractivity contribution is 0.318. The molecule has 0 aliphatic carbocycles. The first-order valence-electron chi connectivity index (χ1n) is 4.65. The van der Waals surface area contributed by atoms with Crippen molar-refractivity contribution < 1.29 is 9.60 Å². The number of H-pyrrole nitrogens is 1. The van der Waals surface area contributed by atoms with Gasteiger partial charge in [-0.05, 0) is 18.2 Å². The van der Waals surface area contributed by atoms with Crippen molar-refractivity contribution in [2.45, 2.75) is 10.1 Å². The van der Waals surface area contributed by atoms with E-state index in [2.05, 4.69) is 15.1 Å². The highest BCUT2D eigenvalue weighted by Crippen LogP contribution is 2.28. The Balaban J connectivity index is 2.39. The van der Waals surface area contributed by atoms with Gasteiger partial charge in [0.25, 0.3) is 0 Å². The summed E-state index contributed by atoms with van der Waals surface area (Å²) in [4.78, 5) is 7.58. The number of imidazole rings is 1. The number of nitrogens with one attached hydrogen (secondary N) is 1. The minimum atomic E-state index is -0.449. The number of hydrogen-bond donors (Lipinski definition) is 3. The first-order chi connectivity index (χ1) is 8.20. The van der Waals surface area contributed by atoms with E-state index in [-0.39, 0.29) is 5.84 Å². The van der Waals surface area contributed by atoms with Gasteiger partial charge >= 0.3 is 0 Å². The summed E-state index contributed by atoms with van der Waals surface area (Å²) in [6.07, 6.45) is 3.28. The zero-order valence-electron chi connectivity index (χ0n) is 8.59. The van der Waals surface area contributed by atoms with Gasteiger partial charge in [0.2, 0.25) is 0 Å². The quantitative estimate of drug-likeness (QED) is 0.336. The largest absolute Gasteiger partial charge is 0.409 e. The van der Waals surface area contributed by atoms with Crippen LogP contribution in [0, 0.1) is 5.82 Å². The van der Waals surface area contributed by atoms with Gasteiger partial charge in [0.05, 0.1) is 0 Å². The van der Waals surface area contributed by atoms with E-state index >= 15 is 0 Å². The second-order valence-corrected chi connectivity index (χ2v) is 4.15. The molecule has 0 radical (unpaired) electrons. The molecule has 1 heterocycles. The van der Waals surface area contributed by atoms with E-state index in [9.17, 15) is 4.39 Å². The second kappa shape index (κ2) is 4.88. The maximum Gasteiger partial charge on any atom is 0.171 e. The molecule has 4 N–H and O–H groups in total. The van der Waals surface area contributed by atoms with Gasteiger partial charge in [-0.15, -0.1) is 0 Å². The molecule has 88 valence electrons. The van der Waals surface area contributed by atoms with Crippen LogP contribution in [-0.4, -0.2) is 21.0 Å². The van der Waals surface area contributed by atoms with Crippen LogP contribution in [0.5, 0.6) is 0 Å². The molecule has 0 spiro atoms. The van der Waals surface area contributed by atoms with Crippen LogP contribution in [0.1, 0.15) is 5.56 Å². The molecule has 1 aromatic carbocycles. The van der Waals surface area contributed by atoms with Gasteiger partial charge in [0, 0.05) is 22.9 Å². The smallest absolute Gasteiger partial charge is 0.171 e. The number of aromatic nitrogens is 2. The van der Waals surface area contributed by atoms with Crippen molar-refractivity contribution in [2.24, 2.45) is 10.9 Å². The molecule has 17 heavy (non-hydrogen) atoms. The lowest BCUT2D eigenvalue weighted by Gasteiger charge is -2.06. The fourth-order valence-electron chi connectivity index (χ4n) is 1.26. The fourth-order valence-corrected chi connectivity index (χ4v) is 2.11. The molecule has 2 aromatic rings. The Bertz CT molecular complexity index is 541. The molecule has 0 aliphatic rings. The van der Waals surface area contributed by atoms with Crippen molar-refractivity contribution in [1.29, 1.82) is 0 Å². The summed E-state index contributed by atoms with van der Waals surface area (Å²) in [5, 5.41) is 12.2. The van der Waals surface area contributed by atoms with E-state index in [4.69, 9.17) is 10.9 Å². The SMILES string of the molecule is N/C(=N/O)c1cc(F)ccc1Sc1ncc[nH]1. The minimum Gasteiger partial charge on any atom is -0.409 e. The number of oxime groups is 1. The van der Waals surface area contributed by atoms with Gasteiger partial charge in [-0.2, -0.15) is 0 Å². The van der Waals surface area contributed by atoms with Crippen molar-refractivity contribution in [1.82, 2.24) is 9.97 Å². The van der Waals surface area contributed by atoms with Gasteiger partial charge in [-0.25, -0.2) is 9.37 Å². The lowest BCUT2D eigenvalue weighted by Crippen LogP contribution is -2.14. The Morgan fingerprint density at radius 1 is 1.53 bits per heavy atom. The van der Waals surface area contributed by atoms with Crippen LogP contribution in [0.15, 0.2) is 45.8 Å². The minimum absolute atomic E-state index is 0.140. The van der Waals surface area contributed by atoms with Crippen LogP contribution >= 0.6 is 11.8 Å². The Morgan fingerprint density at radius 3 is 3.00 bits per heavy atom. The third-order valence-corrected chi connectivity index (χ3v) is 3.00. The number of nitrogens with zero attached hydrogens (tertiary/aromatic N) is 2. The summed E-state index contributed by atoms with van der Waals surface area (Å²) >= 11 is 1.27. The zero-order valence-corrected chi connectivity index (χ0v) is 9.41. The highest BCUT2D eigenvalue weighted by atomic mass is 32.2. The first-order valence-corrected chi connectivity index (χ1v) is 5.47. The normalized spacial score (nSPS) is 11.7. The van der Waals surface area contributed by atoms with Crippen molar-refractivity contribution in [3.8, 4) is 0 Å². The van der Waals surface area contributed by atoms with Crippen molar-refractivity contribution in [3.05, 3.63) is 42.0 Å². The molecule has 5 nitrogen and oxygen atoms in total. The predicted molar refractivity (Wildman–Crippen MR) is 61.6 cm³/mol. The van der Waals surface area contributed by atoms with Crippen LogP contribution in [0.3, 0.4) is 0 Å². The summed E-state index contributed by atoms with van der Waals surface area (Å²) in [5.41, 5.74) is 5.81. The molecule has 0 fully saturated rings. The zero-order chi connectivity index (χ0) is 12.3. The molecule has 7 heteroatoms. The molecular formula is C10H9FN4OS. The number of rotatable bonds is 3. The van der Waals surface area contributed by atoms with Crippen LogP contribution in [-0.2, 0) is 0 Å². The van der Waals surface area contributed by atoms with E-state index in [1.54, 1.807) is 18.5 Å². The maximum absolute atomic E-state index is 13.1. The van der Waals surface area contributed by atoms with Crippen LogP contribution in [0.4, 0.5) is 4.39 Å². The maximum atomic E-state index is 13.1. The van der Waals surface area contributed by atoms with Gasteiger partial charge in [-0.3, -0.25) is 0 Å². The molecule has 1 aromatic heterocycles. The van der Waals surface area contributed by atoms with Gasteiger partial charge in [0.1, 0.15) is 5.82 Å². The van der Waals surface area contributed by atoms with Crippen LogP contribution in [0.25, 0.3) is 0 Å². The van der Waals surface area contributed by atoms with Gasteiger partial charge in [0.15, 0.2) is 11.0 Å². The number of nitrogens with two attached hydrogens (primary N) is 1. The third-order valence-electron chi connectivity index (χ3n) is 2.01. The first kappa shape index (κ1) is 11.5. The lowest BCUT2D eigenvalue weighted by atomic mass is 10.2. The number of benzene rings is 1. The molecule has 0 atom stereocenters. The number of halogens is 1. The van der Waals surface area contributed by atoms with E-state index in [0.717, 1.165) is 0 Å². The van der Waals surface area contributed by atoms with Gasteiger partial charge < -0.3 is 15.9 Å². The number of aromatic amines is 1. The molecule has 0 saturated heterocycles. The fraction of sp³-hybridized carbons (Fsp3) is 0. The van der Waals surface area contributed by atoms with Crippen LogP contribution < -0.4 is 5.73 Å². The van der Waals surface area contributed by atoms with Gasteiger partial charge in [-0.1, -0.05) is 16.9 Å². The molecule has 0 bridgehead atoms. The van der Waals surface area contributed by atoms with Crippen molar-refractivity contribution in [2.75, 3.05) is 0 Å². The summed E-state index contributed by atoms with van der Waals surface area (Å²) < 4.78 is 13.1. The Kier molecular flexibility index (Phi) is 3.29. The summed E-state index contributed by atoms with van der Waals surface area (Å²) in [6, 6.07) is 4.07. The Morgan fingerprint density at radius 2 is 2.35 bits per heavy atom. The molecule has 0 saturated carbocycles. The monoisotopic (exact) mass is 252 g/mol. The molecule has 0 unspecified atom stereocenters. The van der Waals surface area contributed by atoms with E-state index in [0.29, 0.717) is 15.6 Å². The van der Waals surface area contributed by atoms with Crippen molar-refractivity contribution in [3.63, 3.8) is 0 Å². The topological polar surface area (TPSA) is 87.3 Å². The summed E-state index contributed by atoms with van der Waals surface area (Å²) in [6.45, 7) is 0. The molecule has 2 rings (SSSR count). The van der Waals surface area contributed by atoms with E-state index in [1.165, 1.54) is 23.9 Å². The molecule has 0 aliphatic heterocycles. The Labute approximate surface area is 101 Å². The van der Waals surface area contributed by atoms with E-state index in [1.807, 2.05) is 0 Å². The predicted octanol–water partition coefficient (Wildman–Crippen LogP) is 1.79. The third kappa shape index (κ3) is 2.56. The standard InChI is InChI=1S/C10H9FN4OS/c11-6-1-2-8(7(5-6)9(12)15-16)17-10-13-3-4-14-10/h1-5,16H,(H2,12,15)(H,13,14). The average molecular weight is 252 g/mol. The van der Waals surface area contributed by atoms with Crippen LogP contribution in [0.2, 0.25) is 0 Å². The number of hydrogen-bond acceptors (Lipinski definition) is 4. The highest BCUT2D eigenvalue weighted by molar-refractivity contribution is 7.99. The second-order valence-electron chi connectivity index (χ2n) is 3.12. The number of amidine groups is 1. The molecular weight excluding hydrogens is 243 g/mol. The average Bonchev–Trinajstić information content (AvgIpc) is 2.83. The van der Waals surface area contributed by atoms with E-state index < -0.39 is 5.82 Å².